The van der Waals surface area contributed by atoms with Crippen LogP contribution in [0.5, 0.6) is 5.75 Å². The largest absolute Gasteiger partial charge is 0.492 e. The maximum absolute atomic E-state index is 5.89. The Balaban J connectivity index is 3.08. The van der Waals surface area contributed by atoms with Crippen molar-refractivity contribution < 1.29 is 4.74 Å². The van der Waals surface area contributed by atoms with Gasteiger partial charge in [0.2, 0.25) is 0 Å². The van der Waals surface area contributed by atoms with Gasteiger partial charge in [-0.3, -0.25) is 0 Å². The molecular weight excluding hydrogens is 263 g/mol. The van der Waals surface area contributed by atoms with E-state index in [2.05, 4.69) is 15.9 Å². The lowest BCUT2D eigenvalue weighted by molar-refractivity contribution is 0.340. The van der Waals surface area contributed by atoms with Gasteiger partial charge in [-0.1, -0.05) is 23.2 Å². The molecule has 0 unspecified atom stereocenters. The minimum atomic E-state index is 0.452. The molecule has 12 heavy (non-hydrogen) atoms. The molecule has 0 bridgehead atoms. The summed E-state index contributed by atoms with van der Waals surface area (Å²) in [6, 6.07) is 3.58. The first kappa shape index (κ1) is 10.2. The van der Waals surface area contributed by atoms with Crippen LogP contribution in [0, 0.1) is 0 Å². The van der Waals surface area contributed by atoms with Crippen LogP contribution >= 0.6 is 39.1 Å². The zero-order chi connectivity index (χ0) is 9.14. The minimum Gasteiger partial charge on any atom is -0.492 e. The second-order valence-electron chi connectivity index (χ2n) is 2.11. The van der Waals surface area contributed by atoms with Gasteiger partial charge in [0.15, 0.2) is 0 Å². The van der Waals surface area contributed by atoms with Gasteiger partial charge in [0.25, 0.3) is 0 Å². The fourth-order valence-electron chi connectivity index (χ4n) is 0.775. The lowest BCUT2D eigenvalue weighted by Gasteiger charge is -2.07. The van der Waals surface area contributed by atoms with Crippen LogP contribution < -0.4 is 4.74 Å². The highest BCUT2D eigenvalue weighted by atomic mass is 79.9. The Morgan fingerprint density at radius 2 is 2.00 bits per heavy atom. The first-order chi connectivity index (χ1) is 5.66. The van der Waals surface area contributed by atoms with E-state index in [4.69, 9.17) is 27.9 Å². The average Bonchev–Trinajstić information content (AvgIpc) is 2.07. The summed E-state index contributed by atoms with van der Waals surface area (Å²) in [7, 11) is 0. The van der Waals surface area contributed by atoms with Crippen LogP contribution in [0.1, 0.15) is 6.92 Å². The summed E-state index contributed by atoms with van der Waals surface area (Å²) in [5.41, 5.74) is 0. The maximum Gasteiger partial charge on any atom is 0.139 e. The van der Waals surface area contributed by atoms with Gasteiger partial charge in [0.1, 0.15) is 10.8 Å². The van der Waals surface area contributed by atoms with Gasteiger partial charge in [-0.15, -0.1) is 0 Å². The number of ether oxygens (including phenoxy) is 1. The smallest absolute Gasteiger partial charge is 0.139 e. The zero-order valence-electron chi connectivity index (χ0n) is 6.40. The van der Waals surface area contributed by atoms with Crippen molar-refractivity contribution in [3.8, 4) is 5.75 Å². The van der Waals surface area contributed by atoms with Gasteiger partial charge in [-0.05, 0) is 35.0 Å². The molecule has 0 aliphatic carbocycles. The van der Waals surface area contributed by atoms with Gasteiger partial charge in [-0.25, -0.2) is 0 Å². The van der Waals surface area contributed by atoms with Crippen LogP contribution in [-0.2, 0) is 0 Å². The summed E-state index contributed by atoms with van der Waals surface area (Å²) in [5.74, 6) is 0.618. The van der Waals surface area contributed by atoms with Crippen LogP contribution in [0.15, 0.2) is 16.6 Å². The van der Waals surface area contributed by atoms with E-state index in [1.165, 1.54) is 0 Å². The number of halogens is 3. The third kappa shape index (κ3) is 2.06. The fraction of sp³-hybridized carbons (Fsp3) is 0.250. The van der Waals surface area contributed by atoms with E-state index in [-0.39, 0.29) is 0 Å². The van der Waals surface area contributed by atoms with E-state index < -0.39 is 0 Å². The molecule has 1 aromatic carbocycles. The van der Waals surface area contributed by atoms with Crippen molar-refractivity contribution in [3.05, 3.63) is 26.7 Å². The van der Waals surface area contributed by atoms with Gasteiger partial charge in [0, 0.05) is 4.47 Å². The van der Waals surface area contributed by atoms with E-state index in [9.17, 15) is 0 Å². The third-order valence-electron chi connectivity index (χ3n) is 1.30. The van der Waals surface area contributed by atoms with Crippen molar-refractivity contribution >= 4 is 39.1 Å². The lowest BCUT2D eigenvalue weighted by atomic mass is 10.3. The molecule has 0 fully saturated rings. The molecule has 0 aromatic heterocycles. The number of hydrogen-bond donors (Lipinski definition) is 0. The normalized spacial score (nSPS) is 10.0. The highest BCUT2D eigenvalue weighted by molar-refractivity contribution is 9.10. The maximum atomic E-state index is 5.89. The molecule has 0 atom stereocenters. The monoisotopic (exact) mass is 268 g/mol. The summed E-state index contributed by atoms with van der Waals surface area (Å²) in [4.78, 5) is 0. The molecule has 0 spiro atoms. The quantitative estimate of drug-likeness (QED) is 0.733. The molecule has 0 aliphatic heterocycles. The predicted molar refractivity (Wildman–Crippen MR) is 55.3 cm³/mol. The number of hydrogen-bond acceptors (Lipinski definition) is 1. The highest BCUT2D eigenvalue weighted by Gasteiger charge is 2.08. The van der Waals surface area contributed by atoms with E-state index in [0.717, 1.165) is 4.47 Å². The Hall–Kier alpha value is 0.0800. The van der Waals surface area contributed by atoms with E-state index in [1.54, 1.807) is 12.1 Å². The average molecular weight is 270 g/mol. The fourth-order valence-corrected chi connectivity index (χ4v) is 1.60. The Bertz CT molecular complexity index is 289. The van der Waals surface area contributed by atoms with Gasteiger partial charge < -0.3 is 4.74 Å². The first-order valence-corrected chi connectivity index (χ1v) is 4.98. The second-order valence-corrected chi connectivity index (χ2v) is 3.72. The van der Waals surface area contributed by atoms with Crippen molar-refractivity contribution in [1.82, 2.24) is 0 Å². The van der Waals surface area contributed by atoms with Crippen LogP contribution in [0.4, 0.5) is 0 Å². The molecular formula is C8H7BrCl2O. The highest BCUT2D eigenvalue weighted by Crippen LogP contribution is 2.37. The summed E-state index contributed by atoms with van der Waals surface area (Å²) in [5, 5.41) is 0.940. The second kappa shape index (κ2) is 4.35. The lowest BCUT2D eigenvalue weighted by Crippen LogP contribution is -1.92. The van der Waals surface area contributed by atoms with Crippen molar-refractivity contribution in [3.63, 3.8) is 0 Å². The summed E-state index contributed by atoms with van der Waals surface area (Å²) in [6.45, 7) is 2.48. The minimum absolute atomic E-state index is 0.452. The standard InChI is InChI=1S/C8H7BrCl2O/c1-2-12-6-4-3-5(9)7(10)8(6)11/h3-4H,2H2,1H3. The van der Waals surface area contributed by atoms with Crippen LogP contribution in [0.3, 0.4) is 0 Å². The summed E-state index contributed by atoms with van der Waals surface area (Å²) < 4.78 is 6.01. The molecule has 0 saturated heterocycles. The SMILES string of the molecule is CCOc1ccc(Br)c(Cl)c1Cl. The van der Waals surface area contributed by atoms with E-state index in [0.29, 0.717) is 22.4 Å². The van der Waals surface area contributed by atoms with Crippen LogP contribution in [0.2, 0.25) is 10.0 Å². The topological polar surface area (TPSA) is 9.23 Å². The molecule has 1 aromatic rings. The molecule has 1 nitrogen and oxygen atoms in total. The molecule has 66 valence electrons. The third-order valence-corrected chi connectivity index (χ3v) is 3.05. The van der Waals surface area contributed by atoms with Crippen LogP contribution in [-0.4, -0.2) is 6.61 Å². The first-order valence-electron chi connectivity index (χ1n) is 3.43. The van der Waals surface area contributed by atoms with E-state index >= 15 is 0 Å². The molecule has 4 heteroatoms. The Morgan fingerprint density at radius 1 is 1.33 bits per heavy atom. The van der Waals surface area contributed by atoms with Crippen LogP contribution in [0.25, 0.3) is 0 Å². The number of benzene rings is 1. The molecule has 0 aliphatic rings. The zero-order valence-corrected chi connectivity index (χ0v) is 9.50. The molecule has 0 saturated carbocycles. The van der Waals surface area contributed by atoms with Crippen molar-refractivity contribution in [2.24, 2.45) is 0 Å². The van der Waals surface area contributed by atoms with Crippen molar-refractivity contribution in [2.45, 2.75) is 6.92 Å². The molecule has 0 N–H and O–H groups in total. The Kier molecular flexibility index (Phi) is 3.69. The van der Waals surface area contributed by atoms with Crippen molar-refractivity contribution in [1.29, 1.82) is 0 Å². The molecule has 1 rings (SSSR count). The summed E-state index contributed by atoms with van der Waals surface area (Å²) in [6.07, 6.45) is 0. The van der Waals surface area contributed by atoms with Gasteiger partial charge in [-0.2, -0.15) is 0 Å². The van der Waals surface area contributed by atoms with Gasteiger partial charge in [0.05, 0.1) is 11.6 Å². The summed E-state index contributed by atoms with van der Waals surface area (Å²) >= 11 is 15.0. The Labute approximate surface area is 89.7 Å². The molecule has 0 amide bonds. The van der Waals surface area contributed by atoms with Gasteiger partial charge >= 0.3 is 0 Å². The van der Waals surface area contributed by atoms with Crippen molar-refractivity contribution in [2.75, 3.05) is 6.61 Å². The predicted octanol–water partition coefficient (Wildman–Crippen LogP) is 4.15. The van der Waals surface area contributed by atoms with E-state index in [1.807, 2.05) is 6.92 Å². The molecule has 0 radical (unpaired) electrons. The Morgan fingerprint density at radius 3 is 2.58 bits per heavy atom. The number of rotatable bonds is 2. The molecule has 0 heterocycles.